The third-order valence-corrected chi connectivity index (χ3v) is 5.92. The van der Waals surface area contributed by atoms with E-state index in [1.807, 2.05) is 19.1 Å². The molecule has 0 spiro atoms. The normalized spacial score (nSPS) is 20.1. The van der Waals surface area contributed by atoms with Crippen molar-refractivity contribution in [1.29, 1.82) is 0 Å². The molecule has 2 heterocycles. The van der Waals surface area contributed by atoms with E-state index < -0.39 is 0 Å². The zero-order chi connectivity index (χ0) is 18.8. The van der Waals surface area contributed by atoms with Crippen molar-refractivity contribution in [3.8, 4) is 0 Å². The summed E-state index contributed by atoms with van der Waals surface area (Å²) in [6, 6.07) is 16.1. The lowest BCUT2D eigenvalue weighted by atomic mass is 10.1. The van der Waals surface area contributed by atoms with E-state index >= 15 is 0 Å². The lowest BCUT2D eigenvalue weighted by Crippen LogP contribution is -3.27. The molecule has 1 saturated heterocycles. The third-order valence-electron chi connectivity index (χ3n) is 5.51. The molecule has 0 amide bonds. The highest BCUT2D eigenvalue weighted by atomic mass is 35.5. The van der Waals surface area contributed by atoms with Gasteiger partial charge < -0.3 is 14.2 Å². The summed E-state index contributed by atoms with van der Waals surface area (Å²) in [6.45, 7) is 8.33. The maximum atomic E-state index is 12.0. The first-order chi connectivity index (χ1) is 13.1. The Hall–Kier alpha value is -2.14. The molecular weight excluding hydrogens is 360 g/mol. The number of rotatable bonds is 4. The first-order valence-corrected chi connectivity index (χ1v) is 9.90. The molecule has 1 aliphatic heterocycles. The van der Waals surface area contributed by atoms with Crippen LogP contribution in [-0.2, 0) is 13.1 Å². The van der Waals surface area contributed by atoms with E-state index in [9.17, 15) is 4.79 Å². The summed E-state index contributed by atoms with van der Waals surface area (Å²) >= 11 is 6.31. The van der Waals surface area contributed by atoms with Crippen LogP contribution in [0.4, 0.5) is 0 Å². The number of piperazine rings is 1. The predicted molar refractivity (Wildman–Crippen MR) is 107 cm³/mol. The van der Waals surface area contributed by atoms with Gasteiger partial charge in [0.05, 0.1) is 0 Å². The van der Waals surface area contributed by atoms with E-state index in [0.717, 1.165) is 55.8 Å². The van der Waals surface area contributed by atoms with Crippen LogP contribution in [-0.4, -0.2) is 26.2 Å². The Balaban J connectivity index is 1.46. The largest absolute Gasteiger partial charge is 0.423 e. The van der Waals surface area contributed by atoms with Crippen LogP contribution in [0.1, 0.15) is 16.7 Å². The van der Waals surface area contributed by atoms with Gasteiger partial charge in [-0.15, -0.1) is 0 Å². The molecule has 0 bridgehead atoms. The number of nitrogens with one attached hydrogen (secondary N) is 2. The minimum absolute atomic E-state index is 0.285. The van der Waals surface area contributed by atoms with Crippen LogP contribution in [0.15, 0.2) is 57.7 Å². The zero-order valence-corrected chi connectivity index (χ0v) is 16.3. The Bertz CT molecular complexity index is 992. The molecule has 0 atom stereocenters. The van der Waals surface area contributed by atoms with Gasteiger partial charge in [0.1, 0.15) is 44.9 Å². The van der Waals surface area contributed by atoms with Crippen molar-refractivity contribution in [2.45, 2.75) is 20.0 Å². The van der Waals surface area contributed by atoms with Crippen molar-refractivity contribution in [1.82, 2.24) is 0 Å². The van der Waals surface area contributed by atoms with Crippen LogP contribution in [0.2, 0.25) is 5.02 Å². The number of aryl methyl sites for hydroxylation is 1. The van der Waals surface area contributed by atoms with Gasteiger partial charge in [-0.2, -0.15) is 0 Å². The van der Waals surface area contributed by atoms with E-state index in [1.165, 1.54) is 10.5 Å². The molecule has 0 aliphatic carbocycles. The lowest BCUT2D eigenvalue weighted by molar-refractivity contribution is -1.02. The molecule has 0 saturated carbocycles. The van der Waals surface area contributed by atoms with Crippen molar-refractivity contribution < 1.29 is 14.2 Å². The maximum Gasteiger partial charge on any atom is 0.336 e. The van der Waals surface area contributed by atoms with Crippen LogP contribution in [0.3, 0.4) is 0 Å². The van der Waals surface area contributed by atoms with Crippen LogP contribution in [0.25, 0.3) is 11.0 Å². The second kappa shape index (κ2) is 7.85. The summed E-state index contributed by atoms with van der Waals surface area (Å²) in [5.41, 5.74) is 3.70. The number of hydrogen-bond donors (Lipinski definition) is 2. The number of halogens is 1. The quantitative estimate of drug-likeness (QED) is 0.664. The molecule has 4 nitrogen and oxygen atoms in total. The number of benzene rings is 2. The fourth-order valence-electron chi connectivity index (χ4n) is 3.96. The van der Waals surface area contributed by atoms with Gasteiger partial charge in [-0.3, -0.25) is 0 Å². The molecule has 1 aromatic heterocycles. The highest BCUT2D eigenvalue weighted by molar-refractivity contribution is 6.32. The molecule has 2 aromatic carbocycles. The SMILES string of the molecule is Cc1cc2oc(=O)cc(C[NH+]3CC[NH+](Cc4ccccc4)CC3)c2cc1Cl. The Morgan fingerprint density at radius 3 is 2.33 bits per heavy atom. The molecule has 5 heteroatoms. The molecule has 2 N–H and O–H groups in total. The Morgan fingerprint density at radius 1 is 0.963 bits per heavy atom. The van der Waals surface area contributed by atoms with Gasteiger partial charge in [-0.1, -0.05) is 41.9 Å². The second-order valence-electron chi connectivity index (χ2n) is 7.53. The summed E-state index contributed by atoms with van der Waals surface area (Å²) < 4.78 is 5.38. The fourth-order valence-corrected chi connectivity index (χ4v) is 4.12. The van der Waals surface area contributed by atoms with Crippen LogP contribution in [0.5, 0.6) is 0 Å². The third kappa shape index (κ3) is 4.24. The van der Waals surface area contributed by atoms with E-state index in [0.29, 0.717) is 10.6 Å². The van der Waals surface area contributed by atoms with Crippen molar-refractivity contribution in [2.75, 3.05) is 26.2 Å². The van der Waals surface area contributed by atoms with Crippen LogP contribution >= 0.6 is 11.6 Å². The molecule has 27 heavy (non-hydrogen) atoms. The Kier molecular flexibility index (Phi) is 5.30. The minimum atomic E-state index is -0.285. The van der Waals surface area contributed by atoms with Gasteiger partial charge in [-0.05, 0) is 24.6 Å². The summed E-state index contributed by atoms with van der Waals surface area (Å²) in [4.78, 5) is 15.1. The average Bonchev–Trinajstić information content (AvgIpc) is 2.66. The van der Waals surface area contributed by atoms with Gasteiger partial charge >= 0.3 is 5.63 Å². The van der Waals surface area contributed by atoms with E-state index in [2.05, 4.69) is 30.3 Å². The van der Waals surface area contributed by atoms with Crippen molar-refractivity contribution in [2.24, 2.45) is 0 Å². The number of fused-ring (bicyclic) bond motifs is 1. The predicted octanol–water partition coefficient (Wildman–Crippen LogP) is 1.24. The van der Waals surface area contributed by atoms with E-state index in [4.69, 9.17) is 16.0 Å². The average molecular weight is 385 g/mol. The van der Waals surface area contributed by atoms with Crippen LogP contribution in [0, 0.1) is 6.92 Å². The molecule has 4 rings (SSSR count). The summed E-state index contributed by atoms with van der Waals surface area (Å²) in [7, 11) is 0. The Morgan fingerprint density at radius 2 is 1.63 bits per heavy atom. The van der Waals surface area contributed by atoms with Crippen LogP contribution < -0.4 is 15.4 Å². The van der Waals surface area contributed by atoms with Crippen molar-refractivity contribution >= 4 is 22.6 Å². The van der Waals surface area contributed by atoms with Crippen molar-refractivity contribution in [3.05, 3.63) is 80.7 Å². The molecular formula is C22H25ClN2O2+2. The fraction of sp³-hybridized carbons (Fsp3) is 0.318. The van der Waals surface area contributed by atoms with Gasteiger partial charge in [0.2, 0.25) is 0 Å². The van der Waals surface area contributed by atoms with E-state index in [1.54, 1.807) is 11.0 Å². The summed E-state index contributed by atoms with van der Waals surface area (Å²) in [6.07, 6.45) is 0. The lowest BCUT2D eigenvalue weighted by Gasteiger charge is -2.30. The summed E-state index contributed by atoms with van der Waals surface area (Å²) in [5, 5.41) is 1.67. The van der Waals surface area contributed by atoms with Gasteiger partial charge in [0.15, 0.2) is 0 Å². The molecule has 0 radical (unpaired) electrons. The zero-order valence-electron chi connectivity index (χ0n) is 15.6. The highest BCUT2D eigenvalue weighted by Gasteiger charge is 2.24. The first-order valence-electron chi connectivity index (χ1n) is 9.52. The minimum Gasteiger partial charge on any atom is -0.423 e. The highest BCUT2D eigenvalue weighted by Crippen LogP contribution is 2.24. The molecule has 1 aliphatic rings. The second-order valence-corrected chi connectivity index (χ2v) is 7.93. The van der Waals surface area contributed by atoms with E-state index in [-0.39, 0.29) is 5.63 Å². The molecule has 1 fully saturated rings. The van der Waals surface area contributed by atoms with Crippen molar-refractivity contribution in [3.63, 3.8) is 0 Å². The topological polar surface area (TPSA) is 39.1 Å². The molecule has 0 unspecified atom stereocenters. The number of quaternary nitrogens is 2. The molecule has 140 valence electrons. The van der Waals surface area contributed by atoms with Gasteiger partial charge in [0.25, 0.3) is 0 Å². The maximum absolute atomic E-state index is 12.0. The number of hydrogen-bond acceptors (Lipinski definition) is 2. The smallest absolute Gasteiger partial charge is 0.336 e. The monoisotopic (exact) mass is 384 g/mol. The van der Waals surface area contributed by atoms with Gasteiger partial charge in [0, 0.05) is 27.6 Å². The van der Waals surface area contributed by atoms with Gasteiger partial charge in [-0.25, -0.2) is 4.79 Å². The summed E-state index contributed by atoms with van der Waals surface area (Å²) in [5.74, 6) is 0. The standard InChI is InChI=1S/C22H23ClN2O2/c1-16-11-21-19(13-20(16)23)18(12-22(26)27-21)15-25-9-7-24(8-10-25)14-17-5-3-2-4-6-17/h2-6,11-13H,7-10,14-15H2,1H3/p+2. The Labute approximate surface area is 164 Å². The first kappa shape index (κ1) is 18.2. The molecule has 3 aromatic rings.